The molecule has 7 nitrogen and oxygen atoms in total. The van der Waals surface area contributed by atoms with Gasteiger partial charge in [-0.3, -0.25) is 14.7 Å². The lowest BCUT2D eigenvalue weighted by Gasteiger charge is -2.08. The van der Waals surface area contributed by atoms with Crippen LogP contribution in [0.1, 0.15) is 34.1 Å². The van der Waals surface area contributed by atoms with Crippen LogP contribution in [0.25, 0.3) is 5.69 Å². The molecule has 0 radical (unpaired) electrons. The highest BCUT2D eigenvalue weighted by atomic mass is 19.4. The molecule has 0 atom stereocenters. The third-order valence-corrected chi connectivity index (χ3v) is 4.32. The second-order valence-corrected chi connectivity index (χ2v) is 6.49. The summed E-state index contributed by atoms with van der Waals surface area (Å²) in [5.41, 5.74) is 1.75. The Hall–Kier alpha value is -3.82. The van der Waals surface area contributed by atoms with E-state index in [4.69, 9.17) is 0 Å². The van der Waals surface area contributed by atoms with Crippen molar-refractivity contribution in [1.29, 1.82) is 0 Å². The van der Waals surface area contributed by atoms with Crippen LogP contribution in [0.3, 0.4) is 0 Å². The van der Waals surface area contributed by atoms with Crippen LogP contribution in [0.2, 0.25) is 0 Å². The van der Waals surface area contributed by atoms with E-state index < -0.39 is 23.2 Å². The number of aromatic amines is 1. The van der Waals surface area contributed by atoms with Gasteiger partial charge in [0.25, 0.3) is 11.5 Å². The van der Waals surface area contributed by atoms with Gasteiger partial charge in [-0.15, -0.1) is 0 Å². The predicted octanol–water partition coefficient (Wildman–Crippen LogP) is 3.35. The van der Waals surface area contributed by atoms with Crippen molar-refractivity contribution in [2.75, 3.05) is 0 Å². The molecule has 0 spiro atoms. The number of benzene rings is 2. The highest BCUT2D eigenvalue weighted by molar-refractivity contribution is 6.01. The summed E-state index contributed by atoms with van der Waals surface area (Å²) >= 11 is 0. The molecule has 0 bridgehead atoms. The number of aromatic nitrogens is 2. The first-order valence-electron chi connectivity index (χ1n) is 8.71. The van der Waals surface area contributed by atoms with E-state index in [-0.39, 0.29) is 28.3 Å². The maximum Gasteiger partial charge on any atom is 0.416 e. The molecule has 0 fully saturated rings. The summed E-state index contributed by atoms with van der Waals surface area (Å²) < 4.78 is 39.9. The van der Waals surface area contributed by atoms with E-state index in [1.165, 1.54) is 43.3 Å². The van der Waals surface area contributed by atoms with Gasteiger partial charge in [0, 0.05) is 11.3 Å². The van der Waals surface area contributed by atoms with Crippen molar-refractivity contribution in [2.45, 2.75) is 20.0 Å². The minimum atomic E-state index is -4.54. The fourth-order valence-electron chi connectivity index (χ4n) is 2.84. The first kappa shape index (κ1) is 20.9. The molecule has 0 saturated carbocycles. The van der Waals surface area contributed by atoms with Crippen LogP contribution in [-0.4, -0.2) is 26.5 Å². The molecular weight excluding hydrogens is 401 g/mol. The number of hydrogen-bond acceptors (Lipinski definition) is 4. The molecule has 3 N–H and O–H groups in total. The number of nitrogens with one attached hydrogen (secondary N) is 2. The summed E-state index contributed by atoms with van der Waals surface area (Å²) in [5.74, 6) is -0.551. The van der Waals surface area contributed by atoms with Crippen LogP contribution in [0, 0.1) is 6.92 Å². The highest BCUT2D eigenvalue weighted by Crippen LogP contribution is 2.30. The van der Waals surface area contributed by atoms with E-state index in [0.717, 1.165) is 16.8 Å². The van der Waals surface area contributed by atoms with Crippen molar-refractivity contribution in [3.8, 4) is 11.4 Å². The summed E-state index contributed by atoms with van der Waals surface area (Å²) in [6.45, 7) is 3.06. The van der Waals surface area contributed by atoms with Crippen LogP contribution < -0.4 is 11.0 Å². The molecule has 0 aliphatic rings. The Labute approximate surface area is 168 Å². The lowest BCUT2D eigenvalue weighted by atomic mass is 10.1. The molecule has 1 amide bonds. The third kappa shape index (κ3) is 4.27. The Morgan fingerprint density at radius 1 is 1.17 bits per heavy atom. The van der Waals surface area contributed by atoms with Gasteiger partial charge in [0.05, 0.1) is 22.5 Å². The van der Waals surface area contributed by atoms with Gasteiger partial charge >= 0.3 is 6.18 Å². The SMILES string of the molecule is C/C(=N/NC(=O)c1ccc(O)cc1)c1c(C)[nH]n(-c2cccc(C(F)(F)F)c2)c1=O. The second-order valence-electron chi connectivity index (χ2n) is 6.49. The molecule has 0 saturated heterocycles. The van der Waals surface area contributed by atoms with Crippen LogP contribution in [0.5, 0.6) is 5.75 Å². The van der Waals surface area contributed by atoms with E-state index in [9.17, 15) is 27.9 Å². The smallest absolute Gasteiger partial charge is 0.416 e. The lowest BCUT2D eigenvalue weighted by molar-refractivity contribution is -0.137. The summed E-state index contributed by atoms with van der Waals surface area (Å²) in [5, 5.41) is 15.9. The number of nitrogens with zero attached hydrogens (tertiary/aromatic N) is 2. The maximum absolute atomic E-state index is 13.0. The number of halogens is 3. The van der Waals surface area contributed by atoms with Crippen molar-refractivity contribution in [3.63, 3.8) is 0 Å². The number of H-pyrrole nitrogens is 1. The van der Waals surface area contributed by atoms with Gasteiger partial charge in [0.15, 0.2) is 0 Å². The Morgan fingerprint density at radius 2 is 1.83 bits per heavy atom. The van der Waals surface area contributed by atoms with E-state index in [2.05, 4.69) is 15.6 Å². The van der Waals surface area contributed by atoms with Crippen molar-refractivity contribution in [3.05, 3.63) is 81.3 Å². The van der Waals surface area contributed by atoms with Crippen molar-refractivity contribution < 1.29 is 23.1 Å². The molecule has 0 unspecified atom stereocenters. The molecular formula is C20H17F3N4O3. The van der Waals surface area contributed by atoms with Crippen LogP contribution in [0.15, 0.2) is 58.4 Å². The van der Waals surface area contributed by atoms with Crippen molar-refractivity contribution >= 4 is 11.6 Å². The van der Waals surface area contributed by atoms with E-state index in [0.29, 0.717) is 5.69 Å². The molecule has 10 heteroatoms. The molecule has 3 aromatic rings. The van der Waals surface area contributed by atoms with Crippen LogP contribution >= 0.6 is 0 Å². The number of hydrogen-bond donors (Lipinski definition) is 3. The number of rotatable bonds is 4. The Kier molecular flexibility index (Phi) is 5.50. The predicted molar refractivity (Wildman–Crippen MR) is 104 cm³/mol. The van der Waals surface area contributed by atoms with Gasteiger partial charge in [0.2, 0.25) is 0 Å². The number of amides is 1. The standard InChI is InChI=1S/C20H17F3N4O3/c1-11(24-25-18(29)13-6-8-16(28)9-7-13)17-12(2)26-27(19(17)30)15-5-3-4-14(10-15)20(21,22)23/h3-10,26,28H,1-2H3,(H,25,29)/b24-11-. The zero-order chi connectivity index (χ0) is 22.1. The first-order chi connectivity index (χ1) is 14.1. The Balaban J connectivity index is 1.90. The quantitative estimate of drug-likeness (QED) is 0.448. The van der Waals surface area contributed by atoms with Gasteiger partial charge < -0.3 is 5.11 Å². The fourth-order valence-corrected chi connectivity index (χ4v) is 2.84. The zero-order valence-corrected chi connectivity index (χ0v) is 15.9. The fraction of sp³-hybridized carbons (Fsp3) is 0.150. The molecule has 1 heterocycles. The Bertz CT molecular complexity index is 1180. The van der Waals surface area contributed by atoms with E-state index in [1.807, 2.05) is 0 Å². The molecule has 2 aromatic carbocycles. The van der Waals surface area contributed by atoms with Gasteiger partial charge in [-0.2, -0.15) is 18.3 Å². The molecule has 0 aliphatic carbocycles. The summed E-state index contributed by atoms with van der Waals surface area (Å²) in [6, 6.07) is 9.84. The maximum atomic E-state index is 13.0. The number of carbonyl (C=O) groups is 1. The zero-order valence-electron chi connectivity index (χ0n) is 15.9. The lowest BCUT2D eigenvalue weighted by Crippen LogP contribution is -2.23. The largest absolute Gasteiger partial charge is 0.508 e. The first-order valence-corrected chi connectivity index (χ1v) is 8.71. The molecule has 0 aliphatic heterocycles. The highest BCUT2D eigenvalue weighted by Gasteiger charge is 2.30. The average molecular weight is 418 g/mol. The minimum absolute atomic E-state index is 0.00400. The number of carbonyl (C=O) groups excluding carboxylic acids is 1. The van der Waals surface area contributed by atoms with Gasteiger partial charge in [-0.1, -0.05) is 6.07 Å². The molecule has 156 valence electrons. The van der Waals surface area contributed by atoms with E-state index in [1.54, 1.807) is 6.92 Å². The second kappa shape index (κ2) is 7.90. The van der Waals surface area contributed by atoms with Crippen molar-refractivity contribution in [2.24, 2.45) is 5.10 Å². The van der Waals surface area contributed by atoms with Gasteiger partial charge in [-0.05, 0) is 56.3 Å². The van der Waals surface area contributed by atoms with Crippen molar-refractivity contribution in [1.82, 2.24) is 15.2 Å². The van der Waals surface area contributed by atoms with E-state index >= 15 is 0 Å². The van der Waals surface area contributed by atoms with Gasteiger partial charge in [-0.25, -0.2) is 10.1 Å². The number of alkyl halides is 3. The monoisotopic (exact) mass is 418 g/mol. The minimum Gasteiger partial charge on any atom is -0.508 e. The number of hydrazone groups is 1. The summed E-state index contributed by atoms with van der Waals surface area (Å²) in [7, 11) is 0. The normalized spacial score (nSPS) is 12.1. The van der Waals surface area contributed by atoms with Gasteiger partial charge in [0.1, 0.15) is 5.75 Å². The number of aryl methyl sites for hydroxylation is 1. The molecule has 1 aromatic heterocycles. The van der Waals surface area contributed by atoms with Crippen LogP contribution in [0.4, 0.5) is 13.2 Å². The summed E-state index contributed by atoms with van der Waals surface area (Å²) in [4.78, 5) is 24.9. The number of phenols is 1. The molecule has 30 heavy (non-hydrogen) atoms. The summed E-state index contributed by atoms with van der Waals surface area (Å²) in [6.07, 6.45) is -4.54. The Morgan fingerprint density at radius 3 is 2.47 bits per heavy atom. The topological polar surface area (TPSA) is 99.5 Å². The number of phenolic OH excluding ortho intramolecular Hbond substituents is 1. The third-order valence-electron chi connectivity index (χ3n) is 4.32. The average Bonchev–Trinajstić information content (AvgIpc) is 3.00. The number of aromatic hydroxyl groups is 1. The van der Waals surface area contributed by atoms with Crippen LogP contribution in [-0.2, 0) is 6.18 Å². The molecule has 3 rings (SSSR count).